The summed E-state index contributed by atoms with van der Waals surface area (Å²) in [5.41, 5.74) is 2.56. The van der Waals surface area contributed by atoms with Crippen molar-refractivity contribution in [2.45, 2.75) is 44.4 Å². The molecule has 0 amide bonds. The van der Waals surface area contributed by atoms with Crippen molar-refractivity contribution >= 4 is 11.7 Å². The molecule has 1 saturated carbocycles. The van der Waals surface area contributed by atoms with E-state index in [0.29, 0.717) is 22.6 Å². The summed E-state index contributed by atoms with van der Waals surface area (Å²) in [6.45, 7) is 1.88. The quantitative estimate of drug-likeness (QED) is 0.724. The number of carboxylic acid groups (broad SMARTS) is 1. The third-order valence-corrected chi connectivity index (χ3v) is 4.68. The van der Waals surface area contributed by atoms with Crippen LogP contribution in [0.3, 0.4) is 0 Å². The maximum absolute atomic E-state index is 11.9. The Hall–Kier alpha value is -3.04. The summed E-state index contributed by atoms with van der Waals surface area (Å²) in [7, 11) is 0. The molecular formula is C21H22N2O4. The van der Waals surface area contributed by atoms with Gasteiger partial charge >= 0.3 is 5.97 Å². The van der Waals surface area contributed by atoms with Crippen LogP contribution in [0, 0.1) is 18.3 Å². The molecule has 0 heterocycles. The van der Waals surface area contributed by atoms with Crippen molar-refractivity contribution in [3.05, 3.63) is 59.2 Å². The zero-order valence-electron chi connectivity index (χ0n) is 15.1. The van der Waals surface area contributed by atoms with Gasteiger partial charge in [-0.15, -0.1) is 0 Å². The van der Waals surface area contributed by atoms with E-state index in [1.54, 1.807) is 36.4 Å². The van der Waals surface area contributed by atoms with Crippen LogP contribution in [0.1, 0.15) is 42.0 Å². The molecule has 0 radical (unpaired) electrons. The number of aryl methyl sites for hydroxylation is 1. The van der Waals surface area contributed by atoms with Crippen LogP contribution in [0.5, 0.6) is 5.75 Å². The fourth-order valence-corrected chi connectivity index (χ4v) is 3.33. The molecule has 0 aliphatic heterocycles. The van der Waals surface area contributed by atoms with Gasteiger partial charge < -0.3 is 20.3 Å². The van der Waals surface area contributed by atoms with Crippen LogP contribution in [-0.4, -0.2) is 28.4 Å². The SMILES string of the molecule is Cc1cc(OC2CCCC2O)cc(C(Nc2ccc(C#N)cc2)C(=O)O)c1. The predicted octanol–water partition coefficient (Wildman–Crippen LogP) is 3.40. The zero-order valence-corrected chi connectivity index (χ0v) is 15.1. The number of hydrogen-bond acceptors (Lipinski definition) is 5. The van der Waals surface area contributed by atoms with Gasteiger partial charge in [-0.05, 0) is 73.7 Å². The number of rotatable bonds is 6. The molecule has 3 unspecified atom stereocenters. The maximum atomic E-state index is 11.9. The van der Waals surface area contributed by atoms with E-state index >= 15 is 0 Å². The molecule has 3 N–H and O–H groups in total. The van der Waals surface area contributed by atoms with Gasteiger partial charge in [-0.3, -0.25) is 0 Å². The normalized spacial score (nSPS) is 19.9. The van der Waals surface area contributed by atoms with Crippen molar-refractivity contribution in [3.63, 3.8) is 0 Å². The van der Waals surface area contributed by atoms with Crippen LogP contribution in [0.4, 0.5) is 5.69 Å². The van der Waals surface area contributed by atoms with E-state index in [1.807, 2.05) is 19.1 Å². The van der Waals surface area contributed by atoms with E-state index in [0.717, 1.165) is 24.8 Å². The number of benzene rings is 2. The highest BCUT2D eigenvalue weighted by molar-refractivity contribution is 5.79. The summed E-state index contributed by atoms with van der Waals surface area (Å²) in [5.74, 6) is -0.458. The average molecular weight is 366 g/mol. The minimum atomic E-state index is -1.02. The van der Waals surface area contributed by atoms with Gasteiger partial charge in [0.2, 0.25) is 0 Å². The Bertz CT molecular complexity index is 857. The van der Waals surface area contributed by atoms with Crippen LogP contribution in [-0.2, 0) is 4.79 Å². The molecule has 2 aromatic rings. The number of aliphatic carboxylic acids is 1. The summed E-state index contributed by atoms with van der Waals surface area (Å²) >= 11 is 0. The molecule has 140 valence electrons. The molecule has 0 aromatic heterocycles. The lowest BCUT2D eigenvalue weighted by molar-refractivity contribution is -0.138. The molecule has 1 aliphatic carbocycles. The van der Waals surface area contributed by atoms with Crippen LogP contribution < -0.4 is 10.1 Å². The summed E-state index contributed by atoms with van der Waals surface area (Å²) in [6.07, 6.45) is 1.69. The van der Waals surface area contributed by atoms with E-state index in [1.165, 1.54) is 0 Å². The maximum Gasteiger partial charge on any atom is 0.330 e. The zero-order chi connectivity index (χ0) is 19.4. The van der Waals surface area contributed by atoms with Crippen molar-refractivity contribution in [1.82, 2.24) is 0 Å². The monoisotopic (exact) mass is 366 g/mol. The van der Waals surface area contributed by atoms with Gasteiger partial charge in [-0.1, -0.05) is 6.07 Å². The highest BCUT2D eigenvalue weighted by Gasteiger charge is 2.27. The number of aliphatic hydroxyl groups is 1. The molecule has 1 aliphatic rings. The van der Waals surface area contributed by atoms with E-state index in [9.17, 15) is 15.0 Å². The first-order chi connectivity index (χ1) is 13.0. The lowest BCUT2D eigenvalue weighted by atomic mass is 10.0. The van der Waals surface area contributed by atoms with Crippen molar-refractivity contribution < 1.29 is 19.7 Å². The Morgan fingerprint density at radius 3 is 2.59 bits per heavy atom. The molecule has 2 aromatic carbocycles. The fourth-order valence-electron chi connectivity index (χ4n) is 3.33. The first-order valence-corrected chi connectivity index (χ1v) is 8.92. The number of hydrogen-bond donors (Lipinski definition) is 3. The lowest BCUT2D eigenvalue weighted by Gasteiger charge is -2.21. The minimum absolute atomic E-state index is 0.255. The highest BCUT2D eigenvalue weighted by atomic mass is 16.5. The molecule has 6 heteroatoms. The van der Waals surface area contributed by atoms with Gasteiger partial charge in [0.1, 0.15) is 11.9 Å². The highest BCUT2D eigenvalue weighted by Crippen LogP contribution is 2.29. The summed E-state index contributed by atoms with van der Waals surface area (Å²) in [6, 6.07) is 13.0. The Balaban J connectivity index is 1.83. The molecule has 6 nitrogen and oxygen atoms in total. The van der Waals surface area contributed by atoms with Gasteiger partial charge in [0.05, 0.1) is 17.7 Å². The first-order valence-electron chi connectivity index (χ1n) is 8.92. The van der Waals surface area contributed by atoms with E-state index in [4.69, 9.17) is 10.00 Å². The summed E-state index contributed by atoms with van der Waals surface area (Å²) in [4.78, 5) is 11.9. The summed E-state index contributed by atoms with van der Waals surface area (Å²) < 4.78 is 5.91. The Morgan fingerprint density at radius 1 is 1.26 bits per heavy atom. The van der Waals surface area contributed by atoms with Gasteiger partial charge in [0, 0.05) is 5.69 Å². The number of carbonyl (C=O) groups is 1. The van der Waals surface area contributed by atoms with Crippen LogP contribution in [0.25, 0.3) is 0 Å². The number of aliphatic hydroxyl groups excluding tert-OH is 1. The molecule has 1 fully saturated rings. The molecular weight excluding hydrogens is 344 g/mol. The molecule has 0 spiro atoms. The second kappa shape index (κ2) is 8.11. The van der Waals surface area contributed by atoms with E-state index < -0.39 is 18.1 Å². The predicted molar refractivity (Wildman–Crippen MR) is 101 cm³/mol. The molecule has 0 bridgehead atoms. The number of anilines is 1. The molecule has 27 heavy (non-hydrogen) atoms. The number of ether oxygens (including phenoxy) is 1. The summed E-state index contributed by atoms with van der Waals surface area (Å²) in [5, 5.41) is 31.5. The molecule has 0 saturated heterocycles. The van der Waals surface area contributed by atoms with Crippen molar-refractivity contribution in [1.29, 1.82) is 5.26 Å². The van der Waals surface area contributed by atoms with Crippen LogP contribution >= 0.6 is 0 Å². The smallest absolute Gasteiger partial charge is 0.330 e. The number of nitrogens with zero attached hydrogens (tertiary/aromatic N) is 1. The lowest BCUT2D eigenvalue weighted by Crippen LogP contribution is -2.26. The average Bonchev–Trinajstić information content (AvgIpc) is 3.04. The molecule has 3 atom stereocenters. The Morgan fingerprint density at radius 2 is 2.00 bits per heavy atom. The van der Waals surface area contributed by atoms with E-state index in [2.05, 4.69) is 5.32 Å². The van der Waals surface area contributed by atoms with Gasteiger partial charge in [-0.2, -0.15) is 5.26 Å². The van der Waals surface area contributed by atoms with Crippen molar-refractivity contribution in [3.8, 4) is 11.8 Å². The van der Waals surface area contributed by atoms with Crippen LogP contribution in [0.15, 0.2) is 42.5 Å². The number of nitriles is 1. The van der Waals surface area contributed by atoms with Gasteiger partial charge in [0.25, 0.3) is 0 Å². The van der Waals surface area contributed by atoms with Crippen molar-refractivity contribution in [2.24, 2.45) is 0 Å². The first kappa shape index (κ1) is 18.7. The second-order valence-corrected chi connectivity index (χ2v) is 6.84. The van der Waals surface area contributed by atoms with Crippen LogP contribution in [0.2, 0.25) is 0 Å². The van der Waals surface area contributed by atoms with Crippen molar-refractivity contribution in [2.75, 3.05) is 5.32 Å². The Labute approximate surface area is 158 Å². The third-order valence-electron chi connectivity index (χ3n) is 4.68. The third kappa shape index (κ3) is 4.57. The topological polar surface area (TPSA) is 103 Å². The van der Waals surface area contributed by atoms with E-state index in [-0.39, 0.29) is 6.10 Å². The largest absolute Gasteiger partial charge is 0.488 e. The minimum Gasteiger partial charge on any atom is -0.488 e. The van der Waals surface area contributed by atoms with Gasteiger partial charge in [-0.25, -0.2) is 4.79 Å². The second-order valence-electron chi connectivity index (χ2n) is 6.84. The fraction of sp³-hybridized carbons (Fsp3) is 0.333. The van der Waals surface area contributed by atoms with Gasteiger partial charge in [0.15, 0.2) is 6.04 Å². The standard InChI is InChI=1S/C21H22N2O4/c1-13-9-15(11-17(10-13)27-19-4-2-3-18(19)24)20(21(25)26)23-16-7-5-14(12-22)6-8-16/h5-11,18-20,23-24H,2-4H2,1H3,(H,25,26). The Kier molecular flexibility index (Phi) is 5.63. The molecule has 3 rings (SSSR count). The number of carboxylic acids is 1. The number of nitrogens with one attached hydrogen (secondary N) is 1.